The minimum Gasteiger partial charge on any atom is -0.335 e. The Morgan fingerprint density at radius 3 is 2.54 bits per heavy atom. The third-order valence-electron chi connectivity index (χ3n) is 4.30. The van der Waals surface area contributed by atoms with Crippen LogP contribution in [0, 0.1) is 0 Å². The van der Waals surface area contributed by atoms with Crippen LogP contribution in [0.1, 0.15) is 18.4 Å². The van der Waals surface area contributed by atoms with Gasteiger partial charge in [-0.15, -0.1) is 0 Å². The van der Waals surface area contributed by atoms with E-state index in [-0.39, 0.29) is 23.5 Å². The molecule has 1 aromatic rings. The highest BCUT2D eigenvalue weighted by Gasteiger charge is 2.33. The first-order valence-electron chi connectivity index (χ1n) is 8.47. The second-order valence-electron chi connectivity index (χ2n) is 6.75. The largest absolute Gasteiger partial charge is 0.335 e. The molecule has 0 aliphatic carbocycles. The van der Waals surface area contributed by atoms with E-state index in [1.54, 1.807) is 29.2 Å². The summed E-state index contributed by atoms with van der Waals surface area (Å²) in [6.45, 7) is 1.36. The number of carbonyl (C=O) groups is 1. The fraction of sp³-hybridized carbons (Fsp3) is 0.500. The van der Waals surface area contributed by atoms with Crippen molar-refractivity contribution in [2.24, 2.45) is 0 Å². The van der Waals surface area contributed by atoms with Crippen molar-refractivity contribution >= 4 is 45.0 Å². The predicted molar refractivity (Wildman–Crippen MR) is 107 cm³/mol. The lowest BCUT2D eigenvalue weighted by Crippen LogP contribution is -2.41. The topological polar surface area (TPSA) is 57.7 Å². The number of hydrogen-bond acceptors (Lipinski definition) is 4. The monoisotopic (exact) mass is 418 g/mol. The first-order chi connectivity index (χ1) is 12.2. The van der Waals surface area contributed by atoms with Gasteiger partial charge in [-0.1, -0.05) is 29.3 Å². The van der Waals surface area contributed by atoms with Gasteiger partial charge in [0.15, 0.2) is 9.84 Å². The Morgan fingerprint density at radius 1 is 1.23 bits per heavy atom. The Labute approximate surface area is 165 Å². The zero-order chi connectivity index (χ0) is 19.3. The molecule has 1 saturated heterocycles. The molecule has 144 valence electrons. The molecule has 1 atom stereocenters. The zero-order valence-corrected chi connectivity index (χ0v) is 17.3. The molecule has 2 rings (SSSR count). The van der Waals surface area contributed by atoms with Crippen molar-refractivity contribution < 1.29 is 13.2 Å². The SMILES string of the molecule is CN(C)CCCN(C(=O)/C=C/c1ccc(Cl)c(Cl)c1)C1CCS(=O)(=O)C1. The summed E-state index contributed by atoms with van der Waals surface area (Å²) in [7, 11) is 0.884. The van der Waals surface area contributed by atoms with Gasteiger partial charge in [0, 0.05) is 18.7 Å². The number of nitrogens with zero attached hydrogens (tertiary/aromatic N) is 2. The average Bonchev–Trinajstić information content (AvgIpc) is 2.92. The average molecular weight is 419 g/mol. The zero-order valence-electron chi connectivity index (χ0n) is 15.0. The molecule has 0 radical (unpaired) electrons. The number of carbonyl (C=O) groups excluding carboxylic acids is 1. The van der Waals surface area contributed by atoms with Gasteiger partial charge in [0.1, 0.15) is 0 Å². The number of benzene rings is 1. The fourth-order valence-electron chi connectivity index (χ4n) is 2.93. The second kappa shape index (κ2) is 9.22. The molecule has 1 fully saturated rings. The van der Waals surface area contributed by atoms with E-state index in [4.69, 9.17) is 23.2 Å². The summed E-state index contributed by atoms with van der Waals surface area (Å²) in [5.74, 6) is 0.00405. The summed E-state index contributed by atoms with van der Waals surface area (Å²) < 4.78 is 23.6. The standard InChI is InChI=1S/C18H24Cl2N2O3S/c1-21(2)9-3-10-22(15-8-11-26(24,25)13-15)18(23)7-5-14-4-6-16(19)17(20)12-14/h4-7,12,15H,3,8-11,13H2,1-2H3/b7-5+. The van der Waals surface area contributed by atoms with Crippen molar-refractivity contribution in [3.8, 4) is 0 Å². The molecule has 8 heteroatoms. The molecule has 1 unspecified atom stereocenters. The minimum absolute atomic E-state index is 0.0430. The number of rotatable bonds is 7. The molecule has 0 bridgehead atoms. The van der Waals surface area contributed by atoms with Gasteiger partial charge in [0.05, 0.1) is 21.6 Å². The highest BCUT2D eigenvalue weighted by Crippen LogP contribution is 2.23. The van der Waals surface area contributed by atoms with Crippen LogP contribution in [-0.4, -0.2) is 68.9 Å². The highest BCUT2D eigenvalue weighted by atomic mass is 35.5. The molecule has 1 aliphatic rings. The molecule has 26 heavy (non-hydrogen) atoms. The molecule has 0 N–H and O–H groups in total. The third-order valence-corrected chi connectivity index (χ3v) is 6.79. The Balaban J connectivity index is 2.10. The van der Waals surface area contributed by atoms with E-state index >= 15 is 0 Å². The summed E-state index contributed by atoms with van der Waals surface area (Å²) in [5.41, 5.74) is 0.764. The molecule has 5 nitrogen and oxygen atoms in total. The molecular weight excluding hydrogens is 395 g/mol. The van der Waals surface area contributed by atoms with Gasteiger partial charge >= 0.3 is 0 Å². The lowest BCUT2D eigenvalue weighted by Gasteiger charge is -2.27. The quantitative estimate of drug-likeness (QED) is 0.638. The van der Waals surface area contributed by atoms with Crippen LogP contribution < -0.4 is 0 Å². The van der Waals surface area contributed by atoms with E-state index in [0.29, 0.717) is 23.0 Å². The fourth-order valence-corrected chi connectivity index (χ4v) is 4.97. The molecule has 0 spiro atoms. The van der Waals surface area contributed by atoms with Crippen molar-refractivity contribution in [2.75, 3.05) is 38.7 Å². The normalized spacial score (nSPS) is 19.3. The second-order valence-corrected chi connectivity index (χ2v) is 9.80. The predicted octanol–water partition coefficient (Wildman–Crippen LogP) is 2.97. The molecule has 1 heterocycles. The maximum atomic E-state index is 12.7. The van der Waals surface area contributed by atoms with Crippen molar-refractivity contribution in [3.63, 3.8) is 0 Å². The molecular formula is C18H24Cl2N2O3S. The lowest BCUT2D eigenvalue weighted by atomic mass is 10.1. The van der Waals surface area contributed by atoms with E-state index < -0.39 is 9.84 Å². The first kappa shape index (κ1) is 21.2. The van der Waals surface area contributed by atoms with E-state index in [1.807, 2.05) is 19.0 Å². The summed E-state index contributed by atoms with van der Waals surface area (Å²) in [6.07, 6.45) is 4.43. The summed E-state index contributed by atoms with van der Waals surface area (Å²) in [5, 5.41) is 0.877. The first-order valence-corrected chi connectivity index (χ1v) is 11.0. The van der Waals surface area contributed by atoms with Crippen LogP contribution in [0.2, 0.25) is 10.0 Å². The highest BCUT2D eigenvalue weighted by molar-refractivity contribution is 7.91. The number of amides is 1. The van der Waals surface area contributed by atoms with Crippen molar-refractivity contribution in [1.29, 1.82) is 0 Å². The van der Waals surface area contributed by atoms with E-state index in [2.05, 4.69) is 0 Å². The van der Waals surface area contributed by atoms with Crippen LogP contribution in [0.5, 0.6) is 0 Å². The summed E-state index contributed by atoms with van der Waals surface area (Å²) in [6, 6.07) is 4.87. The van der Waals surface area contributed by atoms with Gasteiger partial charge in [-0.05, 0) is 57.3 Å². The van der Waals surface area contributed by atoms with Gasteiger partial charge < -0.3 is 9.80 Å². The van der Waals surface area contributed by atoms with Crippen LogP contribution in [-0.2, 0) is 14.6 Å². The van der Waals surface area contributed by atoms with Crippen LogP contribution >= 0.6 is 23.2 Å². The smallest absolute Gasteiger partial charge is 0.246 e. The number of halogens is 2. The van der Waals surface area contributed by atoms with Crippen molar-refractivity contribution in [2.45, 2.75) is 18.9 Å². The van der Waals surface area contributed by atoms with Crippen molar-refractivity contribution in [1.82, 2.24) is 9.80 Å². The number of sulfone groups is 1. The maximum absolute atomic E-state index is 12.7. The molecule has 1 amide bonds. The lowest BCUT2D eigenvalue weighted by molar-refractivity contribution is -0.127. The van der Waals surface area contributed by atoms with Crippen LogP contribution in [0.3, 0.4) is 0 Å². The Hall–Kier alpha value is -1.08. The molecule has 0 aromatic heterocycles. The Kier molecular flexibility index (Phi) is 7.52. The molecule has 1 aromatic carbocycles. The van der Waals surface area contributed by atoms with E-state index in [0.717, 1.165) is 18.5 Å². The minimum atomic E-state index is -3.05. The Morgan fingerprint density at radius 2 is 1.96 bits per heavy atom. The van der Waals surface area contributed by atoms with Crippen LogP contribution in [0.4, 0.5) is 0 Å². The van der Waals surface area contributed by atoms with E-state index in [9.17, 15) is 13.2 Å². The van der Waals surface area contributed by atoms with Crippen molar-refractivity contribution in [3.05, 3.63) is 39.9 Å². The van der Waals surface area contributed by atoms with Gasteiger partial charge in [0.2, 0.25) is 5.91 Å². The van der Waals surface area contributed by atoms with Crippen LogP contribution in [0.15, 0.2) is 24.3 Å². The number of hydrogen-bond donors (Lipinski definition) is 0. The van der Waals surface area contributed by atoms with E-state index in [1.165, 1.54) is 6.08 Å². The Bertz CT molecular complexity index is 779. The summed E-state index contributed by atoms with van der Waals surface area (Å²) >= 11 is 11.9. The summed E-state index contributed by atoms with van der Waals surface area (Å²) in [4.78, 5) is 16.4. The van der Waals surface area contributed by atoms with Gasteiger partial charge in [-0.2, -0.15) is 0 Å². The van der Waals surface area contributed by atoms with Gasteiger partial charge in [-0.25, -0.2) is 8.42 Å². The van der Waals surface area contributed by atoms with Crippen LogP contribution in [0.25, 0.3) is 6.08 Å². The van der Waals surface area contributed by atoms with Gasteiger partial charge in [-0.3, -0.25) is 4.79 Å². The van der Waals surface area contributed by atoms with Gasteiger partial charge in [0.25, 0.3) is 0 Å². The third kappa shape index (κ3) is 6.27. The molecule has 1 aliphatic heterocycles. The molecule has 0 saturated carbocycles. The maximum Gasteiger partial charge on any atom is 0.246 e.